The van der Waals surface area contributed by atoms with Gasteiger partial charge in [-0.25, -0.2) is 0 Å². The highest BCUT2D eigenvalue weighted by Crippen LogP contribution is 2.21. The Labute approximate surface area is 77.5 Å². The molecule has 1 rings (SSSR count). The van der Waals surface area contributed by atoms with E-state index in [4.69, 9.17) is 0 Å². The molecule has 0 amide bonds. The van der Waals surface area contributed by atoms with Crippen molar-refractivity contribution in [1.29, 1.82) is 0 Å². The van der Waals surface area contributed by atoms with E-state index >= 15 is 0 Å². The highest BCUT2D eigenvalue weighted by molar-refractivity contribution is 5.34. The van der Waals surface area contributed by atoms with Crippen LogP contribution in [0.1, 0.15) is 31.7 Å². The fraction of sp³-hybridized carbons (Fsp3) is 0.400. The van der Waals surface area contributed by atoms with Crippen LogP contribution in [-0.2, 0) is 0 Å². The number of nitro groups is 1. The Hall–Kier alpha value is -1.38. The molecule has 0 heterocycles. The molecule has 0 radical (unpaired) electrons. The van der Waals surface area contributed by atoms with Crippen LogP contribution >= 0.6 is 0 Å². The van der Waals surface area contributed by atoms with E-state index in [1.165, 1.54) is 0 Å². The molecule has 70 valence electrons. The molecule has 1 unspecified atom stereocenters. The van der Waals surface area contributed by atoms with Gasteiger partial charge in [-0.3, -0.25) is 10.1 Å². The molecule has 0 saturated carbocycles. The Balaban J connectivity index is 2.87. The average Bonchev–Trinajstić information content (AvgIpc) is 2.17. The first-order valence-electron chi connectivity index (χ1n) is 4.39. The molecule has 0 N–H and O–H groups in total. The van der Waals surface area contributed by atoms with E-state index < -0.39 is 0 Å². The predicted octanol–water partition coefficient (Wildman–Crippen LogP) is 3.11. The van der Waals surface area contributed by atoms with Crippen LogP contribution in [-0.4, -0.2) is 4.92 Å². The maximum atomic E-state index is 10.4. The number of rotatable bonds is 3. The number of benzene rings is 1. The smallest absolute Gasteiger partial charge is 0.258 e. The molecule has 0 fully saturated rings. The summed E-state index contributed by atoms with van der Waals surface area (Å²) in [5.41, 5.74) is 1.32. The van der Waals surface area contributed by atoms with Crippen LogP contribution in [0.2, 0.25) is 0 Å². The van der Waals surface area contributed by atoms with Crippen LogP contribution in [0.15, 0.2) is 24.3 Å². The van der Waals surface area contributed by atoms with Gasteiger partial charge in [0.25, 0.3) is 5.69 Å². The quantitative estimate of drug-likeness (QED) is 0.528. The molecule has 0 aliphatic heterocycles. The highest BCUT2D eigenvalue weighted by Gasteiger charge is 2.06. The van der Waals surface area contributed by atoms with E-state index in [0.717, 1.165) is 12.0 Å². The van der Waals surface area contributed by atoms with Crippen molar-refractivity contribution in [3.05, 3.63) is 39.9 Å². The third-order valence-corrected chi connectivity index (χ3v) is 2.29. The molecule has 0 bridgehead atoms. The van der Waals surface area contributed by atoms with Gasteiger partial charge in [0.1, 0.15) is 0 Å². The summed E-state index contributed by atoms with van der Waals surface area (Å²) in [5.74, 6) is 0.473. The minimum Gasteiger partial charge on any atom is -0.258 e. The second-order valence-electron chi connectivity index (χ2n) is 3.16. The highest BCUT2D eigenvalue weighted by atomic mass is 16.6. The Morgan fingerprint density at radius 2 is 1.92 bits per heavy atom. The largest absolute Gasteiger partial charge is 0.269 e. The van der Waals surface area contributed by atoms with Crippen molar-refractivity contribution in [1.82, 2.24) is 0 Å². The molecular weight excluding hydrogens is 166 g/mol. The number of nitro benzene ring substituents is 1. The molecule has 0 spiro atoms. The van der Waals surface area contributed by atoms with Crippen LogP contribution in [0.3, 0.4) is 0 Å². The number of non-ortho nitro benzene ring substituents is 1. The lowest BCUT2D eigenvalue weighted by Gasteiger charge is -2.07. The summed E-state index contributed by atoms with van der Waals surface area (Å²) in [6.07, 6.45) is 1.05. The molecular formula is C10H13NO2. The maximum Gasteiger partial charge on any atom is 0.269 e. The number of nitrogens with zero attached hydrogens (tertiary/aromatic N) is 1. The minimum absolute atomic E-state index is 0.159. The van der Waals surface area contributed by atoms with Gasteiger partial charge in [0.15, 0.2) is 0 Å². The van der Waals surface area contributed by atoms with Crippen LogP contribution < -0.4 is 0 Å². The molecule has 13 heavy (non-hydrogen) atoms. The molecule has 1 aromatic carbocycles. The third kappa shape index (κ3) is 2.28. The van der Waals surface area contributed by atoms with Gasteiger partial charge in [-0.15, -0.1) is 0 Å². The standard InChI is InChI=1S/C10H13NO2/c1-3-8(2)9-4-6-10(7-5-9)11(12)13/h4-8H,3H2,1-2H3. The van der Waals surface area contributed by atoms with E-state index in [0.29, 0.717) is 5.92 Å². The van der Waals surface area contributed by atoms with Crippen molar-refractivity contribution in [3.63, 3.8) is 0 Å². The van der Waals surface area contributed by atoms with Gasteiger partial charge in [-0.2, -0.15) is 0 Å². The lowest BCUT2D eigenvalue weighted by Crippen LogP contribution is -1.92. The lowest BCUT2D eigenvalue weighted by atomic mass is 9.99. The topological polar surface area (TPSA) is 43.1 Å². The maximum absolute atomic E-state index is 10.4. The van der Waals surface area contributed by atoms with Crippen LogP contribution in [0.4, 0.5) is 5.69 Å². The van der Waals surface area contributed by atoms with Gasteiger partial charge in [-0.05, 0) is 17.9 Å². The van der Waals surface area contributed by atoms with E-state index in [1.54, 1.807) is 12.1 Å². The van der Waals surface area contributed by atoms with Crippen molar-refractivity contribution in [2.45, 2.75) is 26.2 Å². The fourth-order valence-corrected chi connectivity index (χ4v) is 1.16. The Morgan fingerprint density at radius 3 is 2.31 bits per heavy atom. The molecule has 3 nitrogen and oxygen atoms in total. The van der Waals surface area contributed by atoms with E-state index in [2.05, 4.69) is 13.8 Å². The Kier molecular flexibility index (Phi) is 3.01. The van der Waals surface area contributed by atoms with Gasteiger partial charge < -0.3 is 0 Å². The summed E-state index contributed by atoms with van der Waals surface area (Å²) in [7, 11) is 0. The van der Waals surface area contributed by atoms with Crippen LogP contribution in [0.25, 0.3) is 0 Å². The second kappa shape index (κ2) is 4.03. The van der Waals surface area contributed by atoms with E-state index in [-0.39, 0.29) is 10.6 Å². The number of hydrogen-bond donors (Lipinski definition) is 0. The first-order chi connectivity index (χ1) is 6.15. The zero-order valence-electron chi connectivity index (χ0n) is 7.86. The molecule has 1 atom stereocenters. The summed E-state index contributed by atoms with van der Waals surface area (Å²) in [5, 5.41) is 10.4. The first kappa shape index (κ1) is 9.71. The Bertz CT molecular complexity index is 292. The zero-order chi connectivity index (χ0) is 9.84. The van der Waals surface area contributed by atoms with E-state index in [9.17, 15) is 10.1 Å². The molecule has 3 heteroatoms. The van der Waals surface area contributed by atoms with E-state index in [1.807, 2.05) is 12.1 Å². The fourth-order valence-electron chi connectivity index (χ4n) is 1.16. The van der Waals surface area contributed by atoms with Crippen LogP contribution in [0, 0.1) is 10.1 Å². The SMILES string of the molecule is CCC(C)c1ccc([N+](=O)[O-])cc1. The van der Waals surface area contributed by atoms with Crippen molar-refractivity contribution >= 4 is 5.69 Å². The first-order valence-corrected chi connectivity index (χ1v) is 4.39. The monoisotopic (exact) mass is 179 g/mol. The molecule has 1 aromatic rings. The molecule has 0 saturated heterocycles. The van der Waals surface area contributed by atoms with Crippen molar-refractivity contribution < 1.29 is 4.92 Å². The lowest BCUT2D eigenvalue weighted by molar-refractivity contribution is -0.384. The normalized spacial score (nSPS) is 12.5. The van der Waals surface area contributed by atoms with Crippen molar-refractivity contribution in [2.24, 2.45) is 0 Å². The third-order valence-electron chi connectivity index (χ3n) is 2.29. The van der Waals surface area contributed by atoms with Gasteiger partial charge in [-0.1, -0.05) is 26.0 Å². The Morgan fingerprint density at radius 1 is 1.38 bits per heavy atom. The predicted molar refractivity (Wildman–Crippen MR) is 51.8 cm³/mol. The summed E-state index contributed by atoms with van der Waals surface area (Å²) in [4.78, 5) is 9.98. The summed E-state index contributed by atoms with van der Waals surface area (Å²) in [6, 6.07) is 6.77. The van der Waals surface area contributed by atoms with Gasteiger partial charge >= 0.3 is 0 Å². The number of hydrogen-bond acceptors (Lipinski definition) is 2. The molecule has 0 aromatic heterocycles. The van der Waals surface area contributed by atoms with Crippen molar-refractivity contribution in [3.8, 4) is 0 Å². The molecule has 0 aliphatic rings. The zero-order valence-corrected chi connectivity index (χ0v) is 7.86. The van der Waals surface area contributed by atoms with Crippen molar-refractivity contribution in [2.75, 3.05) is 0 Å². The summed E-state index contributed by atoms with van der Waals surface area (Å²) in [6.45, 7) is 4.22. The van der Waals surface area contributed by atoms with Gasteiger partial charge in [0, 0.05) is 12.1 Å². The minimum atomic E-state index is -0.375. The summed E-state index contributed by atoms with van der Waals surface area (Å²) < 4.78 is 0. The average molecular weight is 179 g/mol. The second-order valence-corrected chi connectivity index (χ2v) is 3.16. The molecule has 0 aliphatic carbocycles. The summed E-state index contributed by atoms with van der Waals surface area (Å²) >= 11 is 0. The van der Waals surface area contributed by atoms with Gasteiger partial charge in [0.2, 0.25) is 0 Å². The van der Waals surface area contributed by atoms with Gasteiger partial charge in [0.05, 0.1) is 4.92 Å². The van der Waals surface area contributed by atoms with Crippen LogP contribution in [0.5, 0.6) is 0 Å².